The average molecular weight is 308 g/mol. The summed E-state index contributed by atoms with van der Waals surface area (Å²) in [6.45, 7) is 1.92. The Balaban J connectivity index is 2.32. The third-order valence-corrected chi connectivity index (χ3v) is 3.23. The predicted molar refractivity (Wildman–Crippen MR) is 86.2 cm³/mol. The smallest absolute Gasteiger partial charge is 0.411 e. The van der Waals surface area contributed by atoms with Gasteiger partial charge in [-0.25, -0.2) is 4.79 Å². The molecule has 0 aliphatic rings. The van der Waals surface area contributed by atoms with E-state index in [-0.39, 0.29) is 18.0 Å². The van der Waals surface area contributed by atoms with Gasteiger partial charge < -0.3 is 4.74 Å². The number of nitrogens with one attached hydrogen (secondary N) is 1. The van der Waals surface area contributed by atoms with Gasteiger partial charge in [0.15, 0.2) is 5.78 Å². The van der Waals surface area contributed by atoms with Crippen LogP contribution in [0.4, 0.5) is 10.5 Å². The third kappa shape index (κ3) is 3.95. The quantitative estimate of drug-likeness (QED) is 0.853. The van der Waals surface area contributed by atoms with E-state index in [9.17, 15) is 14.9 Å². The number of ketones is 1. The van der Waals surface area contributed by atoms with Gasteiger partial charge in [-0.3, -0.25) is 10.1 Å². The molecule has 0 radical (unpaired) electrons. The first-order valence-electron chi connectivity index (χ1n) is 7.19. The molecule has 2 aromatic rings. The zero-order chi connectivity index (χ0) is 16.7. The molecule has 23 heavy (non-hydrogen) atoms. The summed E-state index contributed by atoms with van der Waals surface area (Å²) in [5.74, 6) is -1.30. The number of hydrogen-bond acceptors (Lipinski definition) is 4. The lowest BCUT2D eigenvalue weighted by atomic mass is 9.91. The van der Waals surface area contributed by atoms with Crippen LogP contribution >= 0.6 is 0 Å². The fraction of sp³-hybridized carbons (Fsp3) is 0.167. The van der Waals surface area contributed by atoms with Crippen molar-refractivity contribution in [2.45, 2.75) is 12.8 Å². The molecular weight excluding hydrogens is 292 g/mol. The fourth-order valence-electron chi connectivity index (χ4n) is 2.17. The largest absolute Gasteiger partial charge is 0.450 e. The summed E-state index contributed by atoms with van der Waals surface area (Å²) < 4.78 is 4.83. The summed E-state index contributed by atoms with van der Waals surface area (Å²) in [4.78, 5) is 24.3. The minimum absolute atomic E-state index is 0.229. The van der Waals surface area contributed by atoms with E-state index in [2.05, 4.69) is 5.32 Å². The van der Waals surface area contributed by atoms with E-state index < -0.39 is 12.0 Å². The number of nitrogens with zero attached hydrogens (tertiary/aromatic N) is 1. The van der Waals surface area contributed by atoms with Gasteiger partial charge in [-0.05, 0) is 24.6 Å². The summed E-state index contributed by atoms with van der Waals surface area (Å²) in [6.07, 6.45) is -0.638. The first-order valence-corrected chi connectivity index (χ1v) is 7.19. The summed E-state index contributed by atoms with van der Waals surface area (Å²) in [5, 5.41) is 11.9. The van der Waals surface area contributed by atoms with E-state index in [0.717, 1.165) is 0 Å². The zero-order valence-electron chi connectivity index (χ0n) is 12.7. The van der Waals surface area contributed by atoms with E-state index >= 15 is 0 Å². The Morgan fingerprint density at radius 2 is 1.78 bits per heavy atom. The first-order chi connectivity index (χ1) is 11.2. The molecule has 0 aliphatic heterocycles. The number of carbonyl (C=O) groups is 2. The molecule has 2 aromatic carbocycles. The highest BCUT2D eigenvalue weighted by Gasteiger charge is 2.24. The Kier molecular flexibility index (Phi) is 5.48. The maximum Gasteiger partial charge on any atom is 0.411 e. The van der Waals surface area contributed by atoms with Crippen LogP contribution in [-0.4, -0.2) is 18.5 Å². The number of para-hydroxylation sites is 1. The lowest BCUT2D eigenvalue weighted by Crippen LogP contribution is -2.18. The molecule has 5 heteroatoms. The van der Waals surface area contributed by atoms with Gasteiger partial charge in [0.25, 0.3) is 0 Å². The van der Waals surface area contributed by atoms with Gasteiger partial charge in [-0.15, -0.1) is 0 Å². The van der Waals surface area contributed by atoms with Crippen molar-refractivity contribution < 1.29 is 14.3 Å². The topological polar surface area (TPSA) is 79.2 Å². The second-order valence-corrected chi connectivity index (χ2v) is 4.73. The average Bonchev–Trinajstić information content (AvgIpc) is 2.57. The number of amides is 1. The zero-order valence-corrected chi connectivity index (χ0v) is 12.7. The number of nitriles is 1. The van der Waals surface area contributed by atoms with Crippen molar-refractivity contribution in [2.24, 2.45) is 0 Å². The number of carbonyl (C=O) groups excluding carboxylic acids is 2. The molecule has 0 saturated carbocycles. The molecule has 5 nitrogen and oxygen atoms in total. The molecule has 116 valence electrons. The maximum atomic E-state index is 12.7. The van der Waals surface area contributed by atoms with Crippen molar-refractivity contribution in [3.05, 3.63) is 65.7 Å². The number of hydrogen-bond donors (Lipinski definition) is 1. The number of ether oxygens (including phenoxy) is 1. The van der Waals surface area contributed by atoms with Crippen LogP contribution in [-0.2, 0) is 4.74 Å². The summed E-state index contributed by atoms with van der Waals surface area (Å²) in [5.41, 5.74) is 1.22. The molecule has 0 bridgehead atoms. The Morgan fingerprint density at radius 1 is 1.13 bits per heavy atom. The van der Waals surface area contributed by atoms with Crippen LogP contribution in [0.5, 0.6) is 0 Å². The molecular formula is C18H16N2O3. The highest BCUT2D eigenvalue weighted by molar-refractivity contribution is 6.08. The van der Waals surface area contributed by atoms with Gasteiger partial charge in [0.05, 0.1) is 18.4 Å². The predicted octanol–water partition coefficient (Wildman–Crippen LogP) is 3.75. The molecule has 0 spiro atoms. The molecule has 0 unspecified atom stereocenters. The van der Waals surface area contributed by atoms with E-state index in [1.165, 1.54) is 0 Å². The summed E-state index contributed by atoms with van der Waals surface area (Å²) in [7, 11) is 0. The molecule has 0 saturated heterocycles. The van der Waals surface area contributed by atoms with Crippen LogP contribution in [0.2, 0.25) is 0 Å². The number of anilines is 1. The Morgan fingerprint density at radius 3 is 2.43 bits per heavy atom. The van der Waals surface area contributed by atoms with Crippen molar-refractivity contribution in [1.29, 1.82) is 5.26 Å². The van der Waals surface area contributed by atoms with Gasteiger partial charge in [-0.2, -0.15) is 5.26 Å². The number of Topliss-reactive ketones (excluding diaryl/α,β-unsaturated/α-hetero) is 1. The number of rotatable bonds is 5. The lowest BCUT2D eigenvalue weighted by molar-refractivity contribution is 0.0979. The number of benzene rings is 2. The normalized spacial score (nSPS) is 11.1. The van der Waals surface area contributed by atoms with Crippen LogP contribution in [0.3, 0.4) is 0 Å². The van der Waals surface area contributed by atoms with E-state index in [4.69, 9.17) is 4.74 Å². The molecule has 1 N–H and O–H groups in total. The minimum atomic E-state index is -0.929. The lowest BCUT2D eigenvalue weighted by Gasteiger charge is -2.13. The van der Waals surface area contributed by atoms with Crippen molar-refractivity contribution in [3.8, 4) is 6.07 Å². The fourth-order valence-corrected chi connectivity index (χ4v) is 2.17. The highest BCUT2D eigenvalue weighted by atomic mass is 16.5. The molecule has 1 atom stereocenters. The Hall–Kier alpha value is -3.13. The minimum Gasteiger partial charge on any atom is -0.450 e. The second kappa shape index (κ2) is 7.76. The van der Waals surface area contributed by atoms with Gasteiger partial charge in [0.2, 0.25) is 0 Å². The molecule has 0 fully saturated rings. The van der Waals surface area contributed by atoms with Crippen LogP contribution < -0.4 is 5.32 Å². The van der Waals surface area contributed by atoms with Gasteiger partial charge in [0, 0.05) is 5.56 Å². The van der Waals surface area contributed by atoms with Crippen molar-refractivity contribution in [2.75, 3.05) is 11.9 Å². The summed E-state index contributed by atoms with van der Waals surface area (Å²) in [6, 6.07) is 17.4. The third-order valence-electron chi connectivity index (χ3n) is 3.23. The molecule has 1 amide bonds. The van der Waals surface area contributed by atoms with Crippen LogP contribution in [0, 0.1) is 11.3 Å². The van der Waals surface area contributed by atoms with Crippen LogP contribution in [0.25, 0.3) is 0 Å². The van der Waals surface area contributed by atoms with E-state index in [1.807, 2.05) is 12.1 Å². The molecule has 2 rings (SSSR count). The maximum absolute atomic E-state index is 12.7. The van der Waals surface area contributed by atoms with Crippen LogP contribution in [0.1, 0.15) is 28.8 Å². The Labute approximate surface area is 134 Å². The van der Waals surface area contributed by atoms with Crippen molar-refractivity contribution in [1.82, 2.24) is 0 Å². The summed E-state index contributed by atoms with van der Waals surface area (Å²) >= 11 is 0. The van der Waals surface area contributed by atoms with Gasteiger partial charge in [-0.1, -0.05) is 42.5 Å². The Bertz CT molecular complexity index is 735. The molecule has 0 aromatic heterocycles. The SMILES string of the molecule is CCOC(=O)Nc1ccccc1C(=O)[C@@H](C#N)c1ccccc1. The standard InChI is InChI=1S/C18H16N2O3/c1-2-23-18(22)20-16-11-7-6-10-14(16)17(21)15(12-19)13-8-4-3-5-9-13/h3-11,15H,2H2,1H3,(H,20,22)/t15-/m0/s1. The van der Waals surface area contributed by atoms with Crippen molar-refractivity contribution >= 4 is 17.6 Å². The second-order valence-electron chi connectivity index (χ2n) is 4.73. The molecule has 0 heterocycles. The monoisotopic (exact) mass is 308 g/mol. The van der Waals surface area contributed by atoms with E-state index in [1.54, 1.807) is 55.5 Å². The van der Waals surface area contributed by atoms with Crippen LogP contribution in [0.15, 0.2) is 54.6 Å². The molecule has 0 aliphatic carbocycles. The van der Waals surface area contributed by atoms with E-state index in [0.29, 0.717) is 11.3 Å². The first kappa shape index (κ1) is 16.2. The van der Waals surface area contributed by atoms with Gasteiger partial charge in [0.1, 0.15) is 5.92 Å². The van der Waals surface area contributed by atoms with Gasteiger partial charge >= 0.3 is 6.09 Å². The van der Waals surface area contributed by atoms with Crippen molar-refractivity contribution in [3.63, 3.8) is 0 Å². The highest BCUT2D eigenvalue weighted by Crippen LogP contribution is 2.25.